The summed E-state index contributed by atoms with van der Waals surface area (Å²) in [6.07, 6.45) is 20.2. The zero-order chi connectivity index (χ0) is 59.1. The van der Waals surface area contributed by atoms with Gasteiger partial charge >= 0.3 is 0 Å². The average Bonchev–Trinajstić information content (AvgIpc) is 1.67. The first kappa shape index (κ1) is 56.7. The Balaban J connectivity index is 0.000000160. The number of pyridine rings is 6. The number of methoxy groups -OCH3 is 2. The third kappa shape index (κ3) is 11.9. The molecule has 0 amide bonds. The first-order valence-corrected chi connectivity index (χ1v) is 33.1. The van der Waals surface area contributed by atoms with E-state index in [-0.39, 0.29) is 6.10 Å². The van der Waals surface area contributed by atoms with E-state index < -0.39 is 19.5 Å². The number of ether oxygens (including phenoxy) is 4. The van der Waals surface area contributed by atoms with E-state index in [1.165, 1.54) is 24.0 Å². The molecule has 16 heterocycles. The summed E-state index contributed by atoms with van der Waals surface area (Å²) in [5.41, 5.74) is 8.25. The van der Waals surface area contributed by atoms with Crippen molar-refractivity contribution in [1.82, 2.24) is 49.0 Å². The van der Waals surface area contributed by atoms with Gasteiger partial charge in [-0.15, -0.1) is 0 Å². The molecule has 0 saturated carbocycles. The highest BCUT2D eigenvalue weighted by atomic mass is 32.2. The molecular weight excluding hydrogens is 1130 g/mol. The first-order valence-electron chi connectivity index (χ1n) is 29.3. The molecule has 86 heavy (non-hydrogen) atoms. The highest BCUT2D eigenvalue weighted by Gasteiger charge is 2.46. The predicted molar refractivity (Wildman–Crippen MR) is 325 cm³/mol. The molecule has 444 valence electrons. The summed E-state index contributed by atoms with van der Waals surface area (Å²) in [4.78, 5) is 28.2. The largest absolute Gasteiger partial charge is 0.492 e. The van der Waals surface area contributed by atoms with Crippen LogP contribution >= 0.6 is 0 Å². The standard InChI is InChI=1S/C32H36N8O3S.C30H32N8O3S/c1-42-31-5-2-23(15-36-31)18-39-26-12-27(39)20-38(19-26)30-4-3-24(16-35-30)29-13-28(21-40-32(29)25(14-33)17-37-40)43-9-6-22-7-10-44(34,41)11-8-22;1-40-29-5-2-20(13-34-29)16-37-23-10-24(37)18-36(17-23)28-4-3-21(14-33-28)27-11-26(19-38-30(27)22(12-31)15-35-38)41-25-6-8-42(32,39)9-7-25/h2-5,13,15-17,21-22,26-27,34H,6-12,18-20H2,1H3;2-5,11,13-15,19,23-25,32H,6-10,16-18H2,1H3. The van der Waals surface area contributed by atoms with Crippen LogP contribution in [0.15, 0.2) is 110 Å². The van der Waals surface area contributed by atoms with Crippen molar-refractivity contribution in [3.8, 4) is 57.7 Å². The number of nitrogens with one attached hydrogen (secondary N) is 2. The van der Waals surface area contributed by atoms with Crippen molar-refractivity contribution < 1.29 is 27.4 Å². The average molecular weight is 1200 g/mol. The molecule has 4 bridgehead atoms. The van der Waals surface area contributed by atoms with Gasteiger partial charge in [-0.05, 0) is 98.4 Å². The molecule has 8 fully saturated rings. The summed E-state index contributed by atoms with van der Waals surface area (Å²) in [6, 6.07) is 26.6. The van der Waals surface area contributed by atoms with Gasteiger partial charge in [-0.1, -0.05) is 12.1 Å². The molecule has 2 N–H and O–H groups in total. The molecule has 0 aromatic carbocycles. The van der Waals surface area contributed by atoms with E-state index in [9.17, 15) is 18.9 Å². The molecule has 0 aliphatic carbocycles. The van der Waals surface area contributed by atoms with Crippen molar-refractivity contribution in [3.05, 3.63) is 132 Å². The van der Waals surface area contributed by atoms with Gasteiger partial charge in [-0.25, -0.2) is 37.4 Å². The van der Waals surface area contributed by atoms with Crippen LogP contribution in [0.25, 0.3) is 33.3 Å². The predicted octanol–water partition coefficient (Wildman–Crippen LogP) is 8.08. The number of nitriles is 2. The van der Waals surface area contributed by atoms with E-state index >= 15 is 0 Å². The lowest BCUT2D eigenvalue weighted by Crippen LogP contribution is -2.68. The summed E-state index contributed by atoms with van der Waals surface area (Å²) in [5, 5.41) is 28.3. The number of rotatable bonds is 16. The van der Waals surface area contributed by atoms with Crippen LogP contribution in [0.5, 0.6) is 23.3 Å². The third-order valence-corrected chi connectivity index (χ3v) is 21.5. The lowest BCUT2D eigenvalue weighted by atomic mass is 9.87. The van der Waals surface area contributed by atoms with Crippen LogP contribution < -0.4 is 28.7 Å². The Morgan fingerprint density at radius 1 is 0.581 bits per heavy atom. The van der Waals surface area contributed by atoms with Gasteiger partial charge in [0.1, 0.15) is 41.4 Å². The van der Waals surface area contributed by atoms with Crippen molar-refractivity contribution in [1.29, 1.82) is 20.1 Å². The van der Waals surface area contributed by atoms with Crippen molar-refractivity contribution in [3.63, 3.8) is 0 Å². The molecule has 24 heteroatoms. The van der Waals surface area contributed by atoms with Crippen LogP contribution in [0, 0.1) is 38.1 Å². The van der Waals surface area contributed by atoms with Gasteiger partial charge < -0.3 is 28.7 Å². The maximum atomic E-state index is 12.1. The minimum Gasteiger partial charge on any atom is -0.492 e. The van der Waals surface area contributed by atoms with Crippen LogP contribution in [0.3, 0.4) is 0 Å². The second-order valence-corrected chi connectivity index (χ2v) is 28.3. The molecule has 0 radical (unpaired) electrons. The molecule has 4 atom stereocenters. The minimum absolute atomic E-state index is 0.104. The topological polar surface area (TPSA) is 265 Å². The van der Waals surface area contributed by atoms with Gasteiger partial charge in [0.2, 0.25) is 11.8 Å². The normalized spacial score (nSPS) is 25.2. The second-order valence-electron chi connectivity index (χ2n) is 23.4. The fraction of sp³-hybridized carbons (Fsp3) is 0.419. The smallest absolute Gasteiger partial charge is 0.212 e. The monoisotopic (exact) mass is 1200 g/mol. The van der Waals surface area contributed by atoms with Crippen LogP contribution in [0.2, 0.25) is 0 Å². The van der Waals surface area contributed by atoms with Crippen LogP contribution in [-0.2, 0) is 32.5 Å². The van der Waals surface area contributed by atoms with Crippen LogP contribution in [-0.4, -0.2) is 158 Å². The van der Waals surface area contributed by atoms with Gasteiger partial charge in [0.05, 0.1) is 67.8 Å². The number of piperidine rings is 2. The number of fused-ring (bicyclic) bond motifs is 6. The van der Waals surface area contributed by atoms with Crippen LogP contribution in [0.1, 0.15) is 67.2 Å². The second kappa shape index (κ2) is 23.8. The molecule has 4 unspecified atom stereocenters. The molecule has 16 rings (SSSR count). The summed E-state index contributed by atoms with van der Waals surface area (Å²) < 4.78 is 65.9. The summed E-state index contributed by atoms with van der Waals surface area (Å²) in [7, 11) is -1.60. The first-order chi connectivity index (χ1) is 41.8. The van der Waals surface area contributed by atoms with Crippen LogP contribution in [0.4, 0.5) is 11.6 Å². The van der Waals surface area contributed by atoms with Gasteiger partial charge in [0.25, 0.3) is 0 Å². The lowest BCUT2D eigenvalue weighted by Gasteiger charge is -2.56. The Labute approximate surface area is 500 Å². The third-order valence-electron chi connectivity index (χ3n) is 18.0. The van der Waals surface area contributed by atoms with E-state index in [0.29, 0.717) is 112 Å². The maximum absolute atomic E-state index is 12.1. The molecule has 8 aliphatic heterocycles. The Morgan fingerprint density at radius 3 is 1.48 bits per heavy atom. The van der Waals surface area contributed by atoms with E-state index in [2.05, 4.69) is 82.2 Å². The van der Waals surface area contributed by atoms with Crippen molar-refractivity contribution in [2.24, 2.45) is 5.92 Å². The number of hydrogen-bond acceptors (Lipinski definition) is 20. The molecular formula is C62H68N16O6S2. The van der Waals surface area contributed by atoms with Gasteiger partial charge in [-0.2, -0.15) is 20.7 Å². The number of nitrogens with zero attached hydrogens (tertiary/aromatic N) is 14. The van der Waals surface area contributed by atoms with Crippen molar-refractivity contribution >= 4 is 42.1 Å². The lowest BCUT2D eigenvalue weighted by molar-refractivity contribution is -0.00879. The molecule has 8 saturated heterocycles. The fourth-order valence-electron chi connectivity index (χ4n) is 13.1. The molecule has 22 nitrogen and oxygen atoms in total. The molecule has 8 aliphatic rings. The van der Waals surface area contributed by atoms with E-state index in [4.69, 9.17) is 38.5 Å². The zero-order valence-corrected chi connectivity index (χ0v) is 49.7. The van der Waals surface area contributed by atoms with E-state index in [1.807, 2.05) is 61.3 Å². The SMILES string of the molecule is COc1ccc(CN2C3CC2CN(c2ccc(-c4cc(OC5CCS(=N)(=O)CC5)cn5ncc(C#N)c45)cn2)C3)cn1.COc1ccc(CN2C3CC2CN(c2ccc(-c4cc(OCCC5CCS(=N)(=O)CC5)cn5ncc(C#N)c45)cn2)C3)cn1. The highest BCUT2D eigenvalue weighted by Crippen LogP contribution is 2.40. The zero-order valence-electron chi connectivity index (χ0n) is 48.1. The summed E-state index contributed by atoms with van der Waals surface area (Å²) in [6.45, 7) is 6.02. The number of hydrogen-bond donors (Lipinski definition) is 2. The number of aromatic nitrogens is 8. The van der Waals surface area contributed by atoms with E-state index in [0.717, 1.165) is 97.9 Å². The molecule has 8 aromatic rings. The maximum Gasteiger partial charge on any atom is 0.212 e. The van der Waals surface area contributed by atoms with Gasteiger partial charge in [-0.3, -0.25) is 19.4 Å². The van der Waals surface area contributed by atoms with Crippen molar-refractivity contribution in [2.45, 2.75) is 88.3 Å². The van der Waals surface area contributed by atoms with Gasteiger partial charge in [0, 0.05) is 165 Å². The number of anilines is 2. The highest BCUT2D eigenvalue weighted by molar-refractivity contribution is 7.92. The summed E-state index contributed by atoms with van der Waals surface area (Å²) in [5.74, 6) is 6.57. The fourth-order valence-corrected chi connectivity index (χ4v) is 16.3. The quantitative estimate of drug-likeness (QED) is 0.0925. The minimum atomic E-state index is -2.48. The number of piperazine rings is 2. The van der Waals surface area contributed by atoms with Gasteiger partial charge in [0.15, 0.2) is 0 Å². The Morgan fingerprint density at radius 2 is 1.05 bits per heavy atom. The van der Waals surface area contributed by atoms with Crippen molar-refractivity contribution in [2.75, 3.05) is 79.8 Å². The Bertz CT molecular complexity index is 4040. The Hall–Kier alpha value is -8.42. The Kier molecular flexibility index (Phi) is 15.7. The van der Waals surface area contributed by atoms with E-state index in [1.54, 1.807) is 41.8 Å². The summed E-state index contributed by atoms with van der Waals surface area (Å²) >= 11 is 0. The molecule has 0 spiro atoms. The molecule has 8 aromatic heterocycles.